The number of rotatable bonds is 5. The van der Waals surface area contributed by atoms with Gasteiger partial charge in [0.05, 0.1) is 0 Å². The van der Waals surface area contributed by atoms with Crippen molar-refractivity contribution in [1.82, 2.24) is 4.98 Å². The molecule has 4 rings (SSSR count). The third kappa shape index (κ3) is 3.52. The zero-order valence-electron chi connectivity index (χ0n) is 15.1. The van der Waals surface area contributed by atoms with E-state index in [-0.39, 0.29) is 0 Å². The average molecular weight is 365 g/mol. The van der Waals surface area contributed by atoms with E-state index in [4.69, 9.17) is 10.7 Å². The van der Waals surface area contributed by atoms with Crippen molar-refractivity contribution in [3.63, 3.8) is 0 Å². The van der Waals surface area contributed by atoms with Crippen LogP contribution in [-0.4, -0.2) is 35.1 Å². The Morgan fingerprint density at radius 1 is 1.26 bits per heavy atom. The van der Waals surface area contributed by atoms with Crippen LogP contribution in [0.2, 0.25) is 0 Å². The first-order valence-corrected chi connectivity index (χ1v) is 9.41. The predicted octanol–water partition coefficient (Wildman–Crippen LogP) is 2.44. The Labute approximate surface area is 158 Å². The van der Waals surface area contributed by atoms with E-state index in [2.05, 4.69) is 4.90 Å². The summed E-state index contributed by atoms with van der Waals surface area (Å²) in [4.78, 5) is 29.9. The number of aromatic carboxylic acids is 1. The molecule has 1 aliphatic carbocycles. The summed E-state index contributed by atoms with van der Waals surface area (Å²) in [6, 6.07) is 9.25. The normalized spacial score (nSPS) is 18.5. The number of primary amides is 1. The number of amides is 1. The quantitative estimate of drug-likeness (QED) is 0.848. The zero-order chi connectivity index (χ0) is 19.0. The van der Waals surface area contributed by atoms with E-state index >= 15 is 0 Å². The monoisotopic (exact) mass is 365 g/mol. The molecule has 2 aromatic rings. The molecule has 1 aliphatic heterocycles. The molecular formula is C21H23N3O3. The third-order valence-corrected chi connectivity index (χ3v) is 5.58. The molecule has 1 atom stereocenters. The number of pyridine rings is 1. The fourth-order valence-corrected chi connectivity index (χ4v) is 4.24. The minimum atomic E-state index is -0.912. The second-order valence-corrected chi connectivity index (χ2v) is 7.49. The molecule has 2 heterocycles. The highest BCUT2D eigenvalue weighted by Gasteiger charge is 2.29. The van der Waals surface area contributed by atoms with Crippen molar-refractivity contribution >= 4 is 17.7 Å². The van der Waals surface area contributed by atoms with Crippen LogP contribution in [0.1, 0.15) is 50.4 Å². The van der Waals surface area contributed by atoms with E-state index in [9.17, 15) is 14.7 Å². The van der Waals surface area contributed by atoms with Crippen molar-refractivity contribution in [2.24, 2.45) is 11.7 Å². The molecule has 1 aromatic carbocycles. The molecule has 3 N–H and O–H groups in total. The number of aryl methyl sites for hydroxylation is 2. The molecule has 0 radical (unpaired) electrons. The largest absolute Gasteiger partial charge is 0.478 e. The Balaban J connectivity index is 1.52. The van der Waals surface area contributed by atoms with Crippen LogP contribution in [0.25, 0.3) is 0 Å². The predicted molar refractivity (Wildman–Crippen MR) is 102 cm³/mol. The number of nitrogens with zero attached hydrogens (tertiary/aromatic N) is 2. The molecular weight excluding hydrogens is 342 g/mol. The van der Waals surface area contributed by atoms with E-state index in [0.29, 0.717) is 22.9 Å². The Morgan fingerprint density at radius 2 is 2.11 bits per heavy atom. The van der Waals surface area contributed by atoms with E-state index in [0.717, 1.165) is 62.0 Å². The second-order valence-electron chi connectivity index (χ2n) is 7.49. The van der Waals surface area contributed by atoms with Crippen molar-refractivity contribution in [2.75, 3.05) is 18.0 Å². The number of carboxylic acid groups (broad SMARTS) is 1. The standard InChI is InChI=1S/C21H23N3O3/c22-19(25)16-5-1-3-13(10-16)9-14-7-8-24(12-14)20-17(21(26)27)11-15-4-2-6-18(15)23-20/h1,3,5,10-11,14H,2,4,6-9,12H2,(H2,22,25)(H,26,27)/t14-/m0/s1. The molecule has 1 saturated heterocycles. The third-order valence-electron chi connectivity index (χ3n) is 5.58. The molecule has 0 bridgehead atoms. The topological polar surface area (TPSA) is 96.5 Å². The van der Waals surface area contributed by atoms with Crippen LogP contribution < -0.4 is 10.6 Å². The number of anilines is 1. The second kappa shape index (κ2) is 7.02. The molecule has 0 saturated carbocycles. The van der Waals surface area contributed by atoms with Gasteiger partial charge in [-0.15, -0.1) is 0 Å². The van der Waals surface area contributed by atoms with E-state index in [1.807, 2.05) is 24.3 Å². The average Bonchev–Trinajstić information content (AvgIpc) is 3.29. The molecule has 1 fully saturated rings. The maximum atomic E-state index is 11.7. The molecule has 6 heteroatoms. The molecule has 1 aromatic heterocycles. The molecule has 2 aliphatic rings. The lowest BCUT2D eigenvalue weighted by atomic mass is 9.97. The molecule has 0 unspecified atom stereocenters. The Bertz CT molecular complexity index is 910. The minimum absolute atomic E-state index is 0.312. The summed E-state index contributed by atoms with van der Waals surface area (Å²) in [6.45, 7) is 1.57. The Kier molecular flexibility index (Phi) is 4.56. The van der Waals surface area contributed by atoms with Gasteiger partial charge >= 0.3 is 5.97 Å². The highest BCUT2D eigenvalue weighted by Crippen LogP contribution is 2.31. The van der Waals surface area contributed by atoms with E-state index in [1.54, 1.807) is 6.07 Å². The van der Waals surface area contributed by atoms with Gasteiger partial charge in [0.15, 0.2) is 0 Å². The maximum Gasteiger partial charge on any atom is 0.339 e. The highest BCUT2D eigenvalue weighted by atomic mass is 16.4. The number of fused-ring (bicyclic) bond motifs is 1. The summed E-state index contributed by atoms with van der Waals surface area (Å²) in [7, 11) is 0. The number of benzene rings is 1. The van der Waals surface area contributed by atoms with Crippen LogP contribution in [0.5, 0.6) is 0 Å². The molecule has 27 heavy (non-hydrogen) atoms. The van der Waals surface area contributed by atoms with Crippen LogP contribution in [0.4, 0.5) is 5.82 Å². The van der Waals surface area contributed by atoms with Crippen molar-refractivity contribution in [2.45, 2.75) is 32.1 Å². The number of hydrogen-bond donors (Lipinski definition) is 2. The van der Waals surface area contributed by atoms with Gasteiger partial charge in [-0.2, -0.15) is 0 Å². The zero-order valence-corrected chi connectivity index (χ0v) is 15.1. The lowest BCUT2D eigenvalue weighted by Crippen LogP contribution is -2.24. The van der Waals surface area contributed by atoms with Gasteiger partial charge in [-0.1, -0.05) is 12.1 Å². The highest BCUT2D eigenvalue weighted by molar-refractivity contribution is 5.94. The summed E-state index contributed by atoms with van der Waals surface area (Å²) in [5.74, 6) is -0.329. The summed E-state index contributed by atoms with van der Waals surface area (Å²) >= 11 is 0. The van der Waals surface area contributed by atoms with E-state index in [1.165, 1.54) is 0 Å². The van der Waals surface area contributed by atoms with Gasteiger partial charge in [0, 0.05) is 24.3 Å². The van der Waals surface area contributed by atoms with Gasteiger partial charge in [0.2, 0.25) is 5.91 Å². The number of carbonyl (C=O) groups is 2. The van der Waals surface area contributed by atoms with Crippen LogP contribution in [0, 0.1) is 5.92 Å². The molecule has 1 amide bonds. The van der Waals surface area contributed by atoms with Crippen LogP contribution >= 0.6 is 0 Å². The Hall–Kier alpha value is -2.89. The number of nitrogens with two attached hydrogens (primary N) is 1. The maximum absolute atomic E-state index is 11.7. The summed E-state index contributed by atoms with van der Waals surface area (Å²) in [5.41, 5.74) is 9.41. The number of aromatic nitrogens is 1. The first kappa shape index (κ1) is 17.5. The van der Waals surface area contributed by atoms with Gasteiger partial charge in [-0.3, -0.25) is 4.79 Å². The lowest BCUT2D eigenvalue weighted by molar-refractivity contribution is 0.0696. The van der Waals surface area contributed by atoms with Gasteiger partial charge in [0.25, 0.3) is 0 Å². The fraction of sp³-hybridized carbons (Fsp3) is 0.381. The minimum Gasteiger partial charge on any atom is -0.478 e. The smallest absolute Gasteiger partial charge is 0.339 e. The SMILES string of the molecule is NC(=O)c1cccc(C[C@@H]2CCN(c3nc4c(cc3C(=O)O)CCC4)C2)c1. The summed E-state index contributed by atoms with van der Waals surface area (Å²) in [6.07, 6.45) is 4.70. The fourth-order valence-electron chi connectivity index (χ4n) is 4.24. The van der Waals surface area contributed by atoms with E-state index < -0.39 is 11.9 Å². The van der Waals surface area contributed by atoms with Crippen molar-refractivity contribution < 1.29 is 14.7 Å². The number of hydrogen-bond acceptors (Lipinski definition) is 4. The van der Waals surface area contributed by atoms with Gasteiger partial charge in [-0.05, 0) is 67.3 Å². The summed E-state index contributed by atoms with van der Waals surface area (Å²) < 4.78 is 0. The van der Waals surface area contributed by atoms with Crippen molar-refractivity contribution in [3.8, 4) is 0 Å². The lowest BCUT2D eigenvalue weighted by Gasteiger charge is -2.21. The first-order chi connectivity index (χ1) is 13.0. The van der Waals surface area contributed by atoms with Crippen molar-refractivity contribution in [3.05, 3.63) is 58.3 Å². The van der Waals surface area contributed by atoms with Gasteiger partial charge < -0.3 is 15.7 Å². The van der Waals surface area contributed by atoms with Crippen LogP contribution in [-0.2, 0) is 19.3 Å². The number of carboxylic acids is 1. The molecule has 140 valence electrons. The molecule has 6 nitrogen and oxygen atoms in total. The van der Waals surface area contributed by atoms with Gasteiger partial charge in [-0.25, -0.2) is 9.78 Å². The summed E-state index contributed by atoms with van der Waals surface area (Å²) in [5, 5.41) is 9.63. The van der Waals surface area contributed by atoms with Gasteiger partial charge in [0.1, 0.15) is 11.4 Å². The van der Waals surface area contributed by atoms with Crippen LogP contribution in [0.15, 0.2) is 30.3 Å². The van der Waals surface area contributed by atoms with Crippen LogP contribution in [0.3, 0.4) is 0 Å². The molecule has 0 spiro atoms. The number of carbonyl (C=O) groups excluding carboxylic acids is 1. The first-order valence-electron chi connectivity index (χ1n) is 9.41. The Morgan fingerprint density at radius 3 is 2.89 bits per heavy atom. The van der Waals surface area contributed by atoms with Crippen molar-refractivity contribution in [1.29, 1.82) is 0 Å².